The fraction of sp³-hybridized carbons (Fsp3) is 0.207. The number of ether oxygens (including phenoxy) is 2. The van der Waals surface area contributed by atoms with Gasteiger partial charge in [0, 0.05) is 16.0 Å². The Hall–Kier alpha value is -3.75. The Morgan fingerprint density at radius 1 is 1.08 bits per heavy atom. The predicted octanol–water partition coefficient (Wildman–Crippen LogP) is 4.78. The molecular weight excluding hydrogens is 504 g/mol. The van der Waals surface area contributed by atoms with E-state index in [1.165, 1.54) is 22.7 Å². The van der Waals surface area contributed by atoms with Gasteiger partial charge in [-0.1, -0.05) is 65.9 Å². The normalized spacial score (nSPS) is 15.5. The molecule has 0 saturated carbocycles. The molecule has 0 unspecified atom stereocenters. The summed E-state index contributed by atoms with van der Waals surface area (Å²) in [6.07, 6.45) is 1.83. The number of aromatic nitrogens is 1. The Balaban J connectivity index is 1.78. The second kappa shape index (κ2) is 10.7. The van der Waals surface area contributed by atoms with Crippen LogP contribution in [0.25, 0.3) is 11.8 Å². The Morgan fingerprint density at radius 3 is 2.54 bits per heavy atom. The summed E-state index contributed by atoms with van der Waals surface area (Å²) >= 11 is 2.79. The number of thiazole rings is 1. The van der Waals surface area contributed by atoms with E-state index in [-0.39, 0.29) is 18.3 Å². The highest BCUT2D eigenvalue weighted by molar-refractivity contribution is 7.10. The third-order valence-corrected chi connectivity index (χ3v) is 7.66. The molecule has 0 amide bonds. The van der Waals surface area contributed by atoms with Gasteiger partial charge in [0.15, 0.2) is 4.80 Å². The standard InChI is InChI=1S/C29H26N2O4S2/c1-4-34-28(33)24-25(19-11-6-5-7-12-19)30-29-31(26(24)22-15-10-16-36-22)27(32)23(37-29)17-20-13-8-9-14-21(20)35-18(2)3/h5-18,26H,4H2,1-3H3/b23-17-/t26-/m0/s1. The number of para-hydroxylation sites is 1. The third kappa shape index (κ3) is 4.95. The van der Waals surface area contributed by atoms with Gasteiger partial charge in [0.1, 0.15) is 11.8 Å². The number of esters is 1. The van der Waals surface area contributed by atoms with E-state index in [0.717, 1.165) is 16.0 Å². The molecule has 0 N–H and O–H groups in total. The van der Waals surface area contributed by atoms with Crippen LogP contribution in [0.15, 0.2) is 87.5 Å². The lowest BCUT2D eigenvalue weighted by Crippen LogP contribution is -2.39. The summed E-state index contributed by atoms with van der Waals surface area (Å²) in [5, 5.41) is 1.94. The number of carbonyl (C=O) groups excluding carboxylic acids is 1. The average molecular weight is 531 g/mol. The number of fused-ring (bicyclic) bond motifs is 1. The van der Waals surface area contributed by atoms with Crippen LogP contribution in [0, 0.1) is 0 Å². The van der Waals surface area contributed by atoms with Crippen molar-refractivity contribution in [3.63, 3.8) is 0 Å². The van der Waals surface area contributed by atoms with Gasteiger partial charge in [-0.3, -0.25) is 9.36 Å². The summed E-state index contributed by atoms with van der Waals surface area (Å²) in [5.74, 6) is 0.226. The molecule has 0 bridgehead atoms. The van der Waals surface area contributed by atoms with E-state index >= 15 is 0 Å². The molecule has 2 aromatic carbocycles. The minimum atomic E-state index is -0.644. The lowest BCUT2D eigenvalue weighted by Gasteiger charge is -2.24. The monoisotopic (exact) mass is 530 g/mol. The summed E-state index contributed by atoms with van der Waals surface area (Å²) < 4.78 is 13.6. The summed E-state index contributed by atoms with van der Waals surface area (Å²) in [7, 11) is 0. The van der Waals surface area contributed by atoms with Crippen molar-refractivity contribution in [3.8, 4) is 5.75 Å². The highest BCUT2D eigenvalue weighted by atomic mass is 32.1. The maximum Gasteiger partial charge on any atom is 0.338 e. The molecule has 1 aliphatic rings. The van der Waals surface area contributed by atoms with Crippen LogP contribution in [0.3, 0.4) is 0 Å². The smallest absolute Gasteiger partial charge is 0.338 e. The van der Waals surface area contributed by atoms with Crippen LogP contribution < -0.4 is 19.6 Å². The highest BCUT2D eigenvalue weighted by Gasteiger charge is 2.35. The third-order valence-electron chi connectivity index (χ3n) is 5.75. The van der Waals surface area contributed by atoms with Gasteiger partial charge in [-0.15, -0.1) is 11.3 Å². The van der Waals surface area contributed by atoms with Gasteiger partial charge in [0.2, 0.25) is 0 Å². The van der Waals surface area contributed by atoms with Gasteiger partial charge >= 0.3 is 5.97 Å². The topological polar surface area (TPSA) is 69.9 Å². The lowest BCUT2D eigenvalue weighted by atomic mass is 9.97. The van der Waals surface area contributed by atoms with E-state index in [0.29, 0.717) is 26.4 Å². The maximum absolute atomic E-state index is 13.9. The molecule has 4 aromatic rings. The summed E-state index contributed by atoms with van der Waals surface area (Å²) in [6.45, 7) is 5.92. The number of carbonyl (C=O) groups is 1. The van der Waals surface area contributed by atoms with E-state index in [4.69, 9.17) is 14.5 Å². The Bertz CT molecular complexity index is 1630. The van der Waals surface area contributed by atoms with Crippen LogP contribution in [-0.4, -0.2) is 23.2 Å². The number of thiophene rings is 1. The SMILES string of the molecule is CCOC(=O)C1=C(c2ccccc2)N=c2s/c(=C\c3ccccc3OC(C)C)c(=O)n2[C@H]1c1cccs1. The van der Waals surface area contributed by atoms with Crippen molar-refractivity contribution < 1.29 is 14.3 Å². The van der Waals surface area contributed by atoms with E-state index < -0.39 is 12.0 Å². The van der Waals surface area contributed by atoms with Crippen LogP contribution in [0.4, 0.5) is 0 Å². The van der Waals surface area contributed by atoms with Gasteiger partial charge in [-0.05, 0) is 44.4 Å². The predicted molar refractivity (Wildman–Crippen MR) is 148 cm³/mol. The first-order chi connectivity index (χ1) is 18.0. The van der Waals surface area contributed by atoms with E-state index in [9.17, 15) is 9.59 Å². The molecule has 0 fully saturated rings. The highest BCUT2D eigenvalue weighted by Crippen LogP contribution is 2.36. The van der Waals surface area contributed by atoms with Crippen molar-refractivity contribution in [3.05, 3.63) is 113 Å². The zero-order chi connectivity index (χ0) is 25.9. The van der Waals surface area contributed by atoms with Crippen molar-refractivity contribution in [2.45, 2.75) is 32.9 Å². The van der Waals surface area contributed by atoms with Crippen LogP contribution in [0.2, 0.25) is 0 Å². The number of hydrogen-bond acceptors (Lipinski definition) is 7. The van der Waals surface area contributed by atoms with Crippen molar-refractivity contribution in [1.29, 1.82) is 0 Å². The molecule has 1 aliphatic heterocycles. The second-order valence-electron chi connectivity index (χ2n) is 8.65. The number of rotatable bonds is 7. The Kier molecular flexibility index (Phi) is 7.21. The summed E-state index contributed by atoms with van der Waals surface area (Å²) in [4.78, 5) is 33.5. The average Bonchev–Trinajstić information content (AvgIpc) is 3.53. The molecule has 0 saturated heterocycles. The zero-order valence-corrected chi connectivity index (χ0v) is 22.3. The van der Waals surface area contributed by atoms with Crippen LogP contribution in [0.1, 0.15) is 42.8 Å². The van der Waals surface area contributed by atoms with Crippen molar-refractivity contribution >= 4 is 40.4 Å². The molecule has 1 atom stereocenters. The van der Waals surface area contributed by atoms with Crippen molar-refractivity contribution in [2.75, 3.05) is 6.61 Å². The van der Waals surface area contributed by atoms with Gasteiger partial charge in [-0.2, -0.15) is 0 Å². The molecule has 5 rings (SSSR count). The van der Waals surface area contributed by atoms with Crippen molar-refractivity contribution in [2.24, 2.45) is 4.99 Å². The molecule has 6 nitrogen and oxygen atoms in total. The van der Waals surface area contributed by atoms with Gasteiger partial charge in [-0.25, -0.2) is 9.79 Å². The fourth-order valence-corrected chi connectivity index (χ4v) is 6.07. The Morgan fingerprint density at radius 2 is 1.84 bits per heavy atom. The Labute approximate surface area is 222 Å². The fourth-order valence-electron chi connectivity index (χ4n) is 4.26. The minimum Gasteiger partial charge on any atom is -0.490 e. The first-order valence-electron chi connectivity index (χ1n) is 12.1. The van der Waals surface area contributed by atoms with E-state index in [2.05, 4.69) is 0 Å². The summed E-state index contributed by atoms with van der Waals surface area (Å²) in [5.41, 5.74) is 2.27. The molecular formula is C29H26N2O4S2. The zero-order valence-electron chi connectivity index (χ0n) is 20.7. The number of benzene rings is 2. The summed E-state index contributed by atoms with van der Waals surface area (Å²) in [6, 6.07) is 20.4. The van der Waals surface area contributed by atoms with Gasteiger partial charge in [0.05, 0.1) is 28.5 Å². The largest absolute Gasteiger partial charge is 0.490 e. The van der Waals surface area contributed by atoms with Crippen LogP contribution >= 0.6 is 22.7 Å². The molecule has 0 spiro atoms. The molecule has 0 aliphatic carbocycles. The number of hydrogen-bond donors (Lipinski definition) is 0. The molecule has 188 valence electrons. The van der Waals surface area contributed by atoms with E-state index in [1.807, 2.05) is 92.0 Å². The van der Waals surface area contributed by atoms with Gasteiger partial charge < -0.3 is 9.47 Å². The van der Waals surface area contributed by atoms with Crippen LogP contribution in [-0.2, 0) is 9.53 Å². The molecule has 8 heteroatoms. The first kappa shape index (κ1) is 24.9. The maximum atomic E-state index is 13.9. The molecule has 0 radical (unpaired) electrons. The second-order valence-corrected chi connectivity index (χ2v) is 10.6. The molecule has 3 heterocycles. The van der Waals surface area contributed by atoms with Crippen molar-refractivity contribution in [1.82, 2.24) is 4.57 Å². The quantitative estimate of drug-likeness (QED) is 0.323. The van der Waals surface area contributed by atoms with E-state index in [1.54, 1.807) is 11.5 Å². The molecule has 2 aromatic heterocycles. The molecule has 37 heavy (non-hydrogen) atoms. The van der Waals surface area contributed by atoms with Gasteiger partial charge in [0.25, 0.3) is 5.56 Å². The minimum absolute atomic E-state index is 0.00448. The lowest BCUT2D eigenvalue weighted by molar-refractivity contribution is -0.138. The number of nitrogens with zero attached hydrogens (tertiary/aromatic N) is 2. The first-order valence-corrected chi connectivity index (χ1v) is 13.7. The van der Waals surface area contributed by atoms with Crippen LogP contribution in [0.5, 0.6) is 5.75 Å².